The van der Waals surface area contributed by atoms with Gasteiger partial charge in [0, 0.05) is 6.07 Å². The molecule has 1 N–H and O–H groups in total. The number of carbonyl (C=O) groups is 1. The van der Waals surface area contributed by atoms with Gasteiger partial charge in [-0.2, -0.15) is 0 Å². The number of hydrogen-bond acceptors (Lipinski definition) is 3. The molecule has 0 saturated carbocycles. The number of phenolic OH excluding ortho intramolecular Hbond substituents is 1. The molecule has 2 aromatic rings. The highest BCUT2D eigenvalue weighted by Gasteiger charge is 2.09. The summed E-state index contributed by atoms with van der Waals surface area (Å²) in [5.41, 5.74) is -0.0779. The number of rotatable bonds is 4. The van der Waals surface area contributed by atoms with Crippen molar-refractivity contribution in [1.29, 1.82) is 0 Å². The zero-order valence-electron chi connectivity index (χ0n) is 9.77. The first-order valence-corrected chi connectivity index (χ1v) is 5.45. The third-order valence-corrected chi connectivity index (χ3v) is 2.57. The van der Waals surface area contributed by atoms with E-state index >= 15 is 0 Å². The fourth-order valence-corrected chi connectivity index (χ4v) is 1.54. The van der Waals surface area contributed by atoms with Gasteiger partial charge in [0.15, 0.2) is 6.29 Å². The van der Waals surface area contributed by atoms with Crippen LogP contribution in [-0.2, 0) is 6.61 Å². The zero-order chi connectivity index (χ0) is 13.8. The Balaban J connectivity index is 2.15. The molecule has 0 amide bonds. The minimum atomic E-state index is -0.700. The van der Waals surface area contributed by atoms with E-state index in [0.717, 1.165) is 12.1 Å². The molecule has 0 saturated heterocycles. The Hall–Kier alpha value is -2.43. The molecule has 5 heteroatoms. The second kappa shape index (κ2) is 5.48. The van der Waals surface area contributed by atoms with Gasteiger partial charge in [0.05, 0.1) is 11.1 Å². The van der Waals surface area contributed by atoms with E-state index in [1.54, 1.807) is 0 Å². The molecule has 0 heterocycles. The monoisotopic (exact) mass is 264 g/mol. The molecule has 0 unspecified atom stereocenters. The van der Waals surface area contributed by atoms with Gasteiger partial charge in [-0.15, -0.1) is 0 Å². The summed E-state index contributed by atoms with van der Waals surface area (Å²) >= 11 is 0. The quantitative estimate of drug-likeness (QED) is 0.863. The van der Waals surface area contributed by atoms with Crippen LogP contribution in [0.4, 0.5) is 8.78 Å². The lowest BCUT2D eigenvalue weighted by Crippen LogP contribution is -2.01. The molecule has 0 radical (unpaired) electrons. The molecule has 0 aliphatic carbocycles. The molecular formula is C14H10F2O3. The predicted molar refractivity (Wildman–Crippen MR) is 64.2 cm³/mol. The summed E-state index contributed by atoms with van der Waals surface area (Å²) in [5, 5.41) is 9.44. The third-order valence-electron chi connectivity index (χ3n) is 2.57. The summed E-state index contributed by atoms with van der Waals surface area (Å²) < 4.78 is 31.8. The van der Waals surface area contributed by atoms with Crippen molar-refractivity contribution < 1.29 is 23.4 Å². The molecule has 2 aromatic carbocycles. The molecule has 0 aliphatic heterocycles. The number of aldehydes is 1. The maximum absolute atomic E-state index is 13.3. The van der Waals surface area contributed by atoms with Crippen LogP contribution in [-0.4, -0.2) is 11.4 Å². The van der Waals surface area contributed by atoms with E-state index in [0.29, 0.717) is 6.29 Å². The maximum Gasteiger partial charge on any atom is 0.153 e. The Morgan fingerprint density at radius 2 is 1.84 bits per heavy atom. The molecule has 0 aliphatic rings. The van der Waals surface area contributed by atoms with E-state index in [1.807, 2.05) is 0 Å². The lowest BCUT2D eigenvalue weighted by atomic mass is 10.2. The minimum Gasteiger partial charge on any atom is -0.507 e. The van der Waals surface area contributed by atoms with Crippen LogP contribution in [0.2, 0.25) is 0 Å². The summed E-state index contributed by atoms with van der Waals surface area (Å²) in [7, 11) is 0. The lowest BCUT2D eigenvalue weighted by molar-refractivity contribution is 0.112. The van der Waals surface area contributed by atoms with Crippen LogP contribution >= 0.6 is 0 Å². The van der Waals surface area contributed by atoms with E-state index in [4.69, 9.17) is 4.74 Å². The Morgan fingerprint density at radius 3 is 2.42 bits per heavy atom. The van der Waals surface area contributed by atoms with Gasteiger partial charge in [0.2, 0.25) is 0 Å². The van der Waals surface area contributed by atoms with E-state index in [2.05, 4.69) is 0 Å². The van der Waals surface area contributed by atoms with Crippen LogP contribution in [0.3, 0.4) is 0 Å². The predicted octanol–water partition coefficient (Wildman–Crippen LogP) is 3.06. The highest BCUT2D eigenvalue weighted by Crippen LogP contribution is 2.23. The molecule has 19 heavy (non-hydrogen) atoms. The molecule has 0 spiro atoms. The highest BCUT2D eigenvalue weighted by atomic mass is 19.1. The molecule has 0 atom stereocenters. The molecule has 0 aromatic heterocycles. The number of hydrogen-bond donors (Lipinski definition) is 1. The van der Waals surface area contributed by atoms with E-state index in [1.165, 1.54) is 24.3 Å². The van der Waals surface area contributed by atoms with Gasteiger partial charge in [-0.25, -0.2) is 8.78 Å². The van der Waals surface area contributed by atoms with Crippen LogP contribution in [0.5, 0.6) is 11.5 Å². The Morgan fingerprint density at radius 1 is 1.16 bits per heavy atom. The smallest absolute Gasteiger partial charge is 0.153 e. The van der Waals surface area contributed by atoms with Gasteiger partial charge in [-0.1, -0.05) is 6.07 Å². The average molecular weight is 264 g/mol. The van der Waals surface area contributed by atoms with Gasteiger partial charge in [-0.05, 0) is 24.3 Å². The van der Waals surface area contributed by atoms with Gasteiger partial charge >= 0.3 is 0 Å². The standard InChI is InChI=1S/C14H10F2O3/c15-12-2-1-3-13(16)11(12)8-19-10-5-4-9(7-17)14(18)6-10/h1-7,18H,8H2. The fourth-order valence-electron chi connectivity index (χ4n) is 1.54. The normalized spacial score (nSPS) is 10.2. The lowest BCUT2D eigenvalue weighted by Gasteiger charge is -2.08. The van der Waals surface area contributed by atoms with Gasteiger partial charge in [-0.3, -0.25) is 4.79 Å². The van der Waals surface area contributed by atoms with Gasteiger partial charge in [0.1, 0.15) is 29.7 Å². The average Bonchev–Trinajstić information content (AvgIpc) is 2.38. The van der Waals surface area contributed by atoms with Crippen molar-refractivity contribution >= 4 is 6.29 Å². The Labute approximate surface area is 108 Å². The largest absolute Gasteiger partial charge is 0.507 e. The molecule has 0 fully saturated rings. The van der Waals surface area contributed by atoms with Gasteiger partial charge < -0.3 is 9.84 Å². The summed E-state index contributed by atoms with van der Waals surface area (Å²) in [5.74, 6) is -1.44. The molecule has 3 nitrogen and oxygen atoms in total. The summed E-state index contributed by atoms with van der Waals surface area (Å²) in [6.07, 6.45) is 0.496. The van der Waals surface area contributed by atoms with Crippen LogP contribution in [0, 0.1) is 11.6 Å². The second-order valence-corrected chi connectivity index (χ2v) is 3.83. The highest BCUT2D eigenvalue weighted by molar-refractivity contribution is 5.79. The first-order valence-electron chi connectivity index (χ1n) is 5.45. The third kappa shape index (κ3) is 2.88. The van der Waals surface area contributed by atoms with Crippen molar-refractivity contribution in [2.75, 3.05) is 0 Å². The molecule has 98 valence electrons. The van der Waals surface area contributed by atoms with Crippen molar-refractivity contribution in [2.24, 2.45) is 0 Å². The zero-order valence-corrected chi connectivity index (χ0v) is 9.77. The Bertz CT molecular complexity index is 591. The number of phenols is 1. The number of carbonyl (C=O) groups excluding carboxylic acids is 1. The van der Waals surface area contributed by atoms with E-state index in [-0.39, 0.29) is 29.2 Å². The van der Waals surface area contributed by atoms with Crippen molar-refractivity contribution in [3.05, 3.63) is 59.2 Å². The van der Waals surface area contributed by atoms with Crippen LogP contribution < -0.4 is 4.74 Å². The summed E-state index contributed by atoms with van der Waals surface area (Å²) in [6.45, 7) is -0.307. The minimum absolute atomic E-state index is 0.115. The SMILES string of the molecule is O=Cc1ccc(OCc2c(F)cccc2F)cc1O. The van der Waals surface area contributed by atoms with Crippen molar-refractivity contribution in [1.82, 2.24) is 0 Å². The fraction of sp³-hybridized carbons (Fsp3) is 0.0714. The van der Waals surface area contributed by atoms with E-state index in [9.17, 15) is 18.7 Å². The summed E-state index contributed by atoms with van der Waals surface area (Å²) in [6, 6.07) is 7.53. The Kier molecular flexibility index (Phi) is 3.75. The van der Waals surface area contributed by atoms with Crippen LogP contribution in [0.15, 0.2) is 36.4 Å². The maximum atomic E-state index is 13.3. The number of halogens is 2. The van der Waals surface area contributed by atoms with Gasteiger partial charge in [0.25, 0.3) is 0 Å². The van der Waals surface area contributed by atoms with E-state index < -0.39 is 11.6 Å². The van der Waals surface area contributed by atoms with Crippen molar-refractivity contribution in [2.45, 2.75) is 6.61 Å². The summed E-state index contributed by atoms with van der Waals surface area (Å²) in [4.78, 5) is 10.5. The molecule has 2 rings (SSSR count). The first kappa shape index (κ1) is 13.0. The van der Waals surface area contributed by atoms with Crippen LogP contribution in [0.1, 0.15) is 15.9 Å². The topological polar surface area (TPSA) is 46.5 Å². The van der Waals surface area contributed by atoms with Crippen molar-refractivity contribution in [3.63, 3.8) is 0 Å². The second-order valence-electron chi connectivity index (χ2n) is 3.83. The van der Waals surface area contributed by atoms with Crippen LogP contribution in [0.25, 0.3) is 0 Å². The number of benzene rings is 2. The molecule has 0 bridgehead atoms. The number of ether oxygens (including phenoxy) is 1. The molecular weight excluding hydrogens is 254 g/mol. The first-order chi connectivity index (χ1) is 9.11. The van der Waals surface area contributed by atoms with Crippen molar-refractivity contribution in [3.8, 4) is 11.5 Å². The number of aromatic hydroxyl groups is 1.